The summed E-state index contributed by atoms with van der Waals surface area (Å²) in [6.45, 7) is 7.02. The highest BCUT2D eigenvalue weighted by Crippen LogP contribution is 2.44. The van der Waals surface area contributed by atoms with E-state index in [2.05, 4.69) is 71.3 Å². The van der Waals surface area contributed by atoms with Gasteiger partial charge in [0.05, 0.1) is 6.54 Å². The van der Waals surface area contributed by atoms with E-state index in [1.54, 1.807) is 0 Å². The lowest BCUT2D eigenvalue weighted by molar-refractivity contribution is 0.253. The van der Waals surface area contributed by atoms with Gasteiger partial charge in [-0.1, -0.05) is 34.5 Å². The predicted octanol–water partition coefficient (Wildman–Crippen LogP) is 4.19. The zero-order valence-corrected chi connectivity index (χ0v) is 16.9. The molecule has 0 spiro atoms. The number of nitrogens with two attached hydrogens (primary N) is 1. The van der Waals surface area contributed by atoms with E-state index in [1.807, 2.05) is 0 Å². The third-order valence-corrected chi connectivity index (χ3v) is 4.30. The Labute approximate surface area is 153 Å². The van der Waals surface area contributed by atoms with Crippen LogP contribution in [0.15, 0.2) is 33.7 Å². The van der Waals surface area contributed by atoms with E-state index in [-0.39, 0.29) is 34.9 Å². The Hall–Kier alpha value is -0.300. The summed E-state index contributed by atoms with van der Waals surface area (Å²) in [5.41, 5.74) is 7.48. The van der Waals surface area contributed by atoms with Crippen LogP contribution in [0.5, 0.6) is 0 Å². The van der Waals surface area contributed by atoms with Crippen molar-refractivity contribution in [3.63, 3.8) is 0 Å². The zero-order chi connectivity index (χ0) is 14.8. The van der Waals surface area contributed by atoms with Gasteiger partial charge in [0.25, 0.3) is 0 Å². The number of hydrogen-bond acceptors (Lipinski definition) is 1. The molecule has 1 aromatic carbocycles. The summed E-state index contributed by atoms with van der Waals surface area (Å²) in [4.78, 5) is 4.58. The fourth-order valence-corrected chi connectivity index (χ4v) is 3.02. The molecule has 0 bridgehead atoms. The monoisotopic (exact) mass is 465 g/mol. The van der Waals surface area contributed by atoms with Crippen molar-refractivity contribution in [2.45, 2.75) is 51.0 Å². The van der Waals surface area contributed by atoms with Crippen LogP contribution in [0.1, 0.15) is 45.6 Å². The van der Waals surface area contributed by atoms with Crippen LogP contribution < -0.4 is 11.1 Å². The second kappa shape index (κ2) is 7.31. The normalized spacial score (nSPS) is 17.6. The second-order valence-electron chi connectivity index (χ2n) is 6.72. The average Bonchev–Trinajstić information content (AvgIpc) is 2.25. The fourth-order valence-electron chi connectivity index (χ4n) is 2.62. The van der Waals surface area contributed by atoms with Crippen molar-refractivity contribution in [1.82, 2.24) is 5.32 Å². The van der Waals surface area contributed by atoms with Gasteiger partial charge in [-0.05, 0) is 51.3 Å². The topological polar surface area (TPSA) is 50.4 Å². The van der Waals surface area contributed by atoms with Gasteiger partial charge in [-0.2, -0.15) is 0 Å². The maximum atomic E-state index is 5.98. The van der Waals surface area contributed by atoms with Crippen LogP contribution in [0.2, 0.25) is 0 Å². The molecule has 5 heteroatoms. The Bertz CT molecular complexity index is 504. The number of rotatable bonds is 3. The van der Waals surface area contributed by atoms with E-state index in [0.717, 1.165) is 11.0 Å². The van der Waals surface area contributed by atoms with Crippen molar-refractivity contribution in [2.24, 2.45) is 10.7 Å². The number of halogens is 2. The number of aliphatic imine (C=N–C) groups is 1. The molecule has 21 heavy (non-hydrogen) atoms. The van der Waals surface area contributed by atoms with Crippen LogP contribution in [0.3, 0.4) is 0 Å². The SMILES string of the molecule is CC(C)(C)NC(N)=NCC1(c2cccc(Br)c2)CCC1.I. The first-order valence-electron chi connectivity index (χ1n) is 7.15. The van der Waals surface area contributed by atoms with Gasteiger partial charge < -0.3 is 11.1 Å². The minimum Gasteiger partial charge on any atom is -0.370 e. The molecule has 0 atom stereocenters. The maximum Gasteiger partial charge on any atom is 0.189 e. The molecule has 1 aliphatic carbocycles. The number of nitrogens with one attached hydrogen (secondary N) is 1. The number of guanidine groups is 1. The summed E-state index contributed by atoms with van der Waals surface area (Å²) in [6, 6.07) is 8.57. The zero-order valence-electron chi connectivity index (χ0n) is 12.9. The maximum absolute atomic E-state index is 5.98. The van der Waals surface area contributed by atoms with E-state index in [4.69, 9.17) is 5.73 Å². The van der Waals surface area contributed by atoms with Crippen LogP contribution in [-0.2, 0) is 5.41 Å². The van der Waals surface area contributed by atoms with Crippen molar-refractivity contribution in [3.8, 4) is 0 Å². The Morgan fingerprint density at radius 3 is 2.52 bits per heavy atom. The van der Waals surface area contributed by atoms with Gasteiger partial charge in [-0.15, -0.1) is 24.0 Å². The quantitative estimate of drug-likeness (QED) is 0.399. The molecule has 0 saturated heterocycles. The van der Waals surface area contributed by atoms with E-state index in [9.17, 15) is 0 Å². The molecule has 2 rings (SSSR count). The lowest BCUT2D eigenvalue weighted by Crippen LogP contribution is -2.46. The standard InChI is InChI=1S/C16H24BrN3.HI/c1-15(2,3)20-14(18)19-11-16(8-5-9-16)12-6-4-7-13(17)10-12;/h4,6-7,10H,5,8-9,11H2,1-3H3,(H3,18,19,20);1H. The second-order valence-corrected chi connectivity index (χ2v) is 7.64. The molecule has 0 radical (unpaired) electrons. The highest BCUT2D eigenvalue weighted by atomic mass is 127. The Kier molecular flexibility index (Phi) is 6.53. The largest absolute Gasteiger partial charge is 0.370 e. The van der Waals surface area contributed by atoms with E-state index < -0.39 is 0 Å². The highest BCUT2D eigenvalue weighted by Gasteiger charge is 2.38. The minimum absolute atomic E-state index is 0. The first-order chi connectivity index (χ1) is 9.31. The molecule has 0 aliphatic heterocycles. The number of hydrogen-bond donors (Lipinski definition) is 2. The van der Waals surface area contributed by atoms with Crippen molar-refractivity contribution in [3.05, 3.63) is 34.3 Å². The van der Waals surface area contributed by atoms with Crippen molar-refractivity contribution in [2.75, 3.05) is 6.54 Å². The van der Waals surface area contributed by atoms with Crippen LogP contribution in [0, 0.1) is 0 Å². The van der Waals surface area contributed by atoms with Gasteiger partial charge in [0, 0.05) is 15.4 Å². The Balaban J connectivity index is 0.00000220. The Morgan fingerprint density at radius 2 is 2.05 bits per heavy atom. The summed E-state index contributed by atoms with van der Waals surface area (Å²) >= 11 is 3.55. The number of benzene rings is 1. The summed E-state index contributed by atoms with van der Waals surface area (Å²) in [6.07, 6.45) is 3.65. The number of nitrogens with zero attached hydrogens (tertiary/aromatic N) is 1. The fraction of sp³-hybridized carbons (Fsp3) is 0.562. The average molecular weight is 466 g/mol. The summed E-state index contributed by atoms with van der Waals surface area (Å²) < 4.78 is 1.13. The molecule has 3 N–H and O–H groups in total. The van der Waals surface area contributed by atoms with Crippen molar-refractivity contribution < 1.29 is 0 Å². The molecule has 1 aromatic rings. The third kappa shape index (κ3) is 5.13. The van der Waals surface area contributed by atoms with Crippen molar-refractivity contribution in [1.29, 1.82) is 0 Å². The molecule has 1 saturated carbocycles. The van der Waals surface area contributed by atoms with Crippen molar-refractivity contribution >= 4 is 45.9 Å². The minimum atomic E-state index is -0.0455. The molecule has 118 valence electrons. The molecule has 0 aromatic heterocycles. The van der Waals surface area contributed by atoms with Gasteiger partial charge >= 0.3 is 0 Å². The van der Waals surface area contributed by atoms with E-state index in [0.29, 0.717) is 5.96 Å². The van der Waals surface area contributed by atoms with Crippen LogP contribution in [0.4, 0.5) is 0 Å². The van der Waals surface area contributed by atoms with Gasteiger partial charge in [0.1, 0.15) is 0 Å². The highest BCUT2D eigenvalue weighted by molar-refractivity contribution is 14.0. The van der Waals surface area contributed by atoms with E-state index >= 15 is 0 Å². The molecule has 3 nitrogen and oxygen atoms in total. The van der Waals surface area contributed by atoms with Gasteiger partial charge in [0.15, 0.2) is 5.96 Å². The van der Waals surface area contributed by atoms with Gasteiger partial charge in [0.2, 0.25) is 0 Å². The van der Waals surface area contributed by atoms with Crippen LogP contribution in [-0.4, -0.2) is 18.0 Å². The Morgan fingerprint density at radius 1 is 1.38 bits per heavy atom. The lowest BCUT2D eigenvalue weighted by atomic mass is 9.64. The molecule has 0 unspecified atom stereocenters. The van der Waals surface area contributed by atoms with E-state index in [1.165, 1.54) is 24.8 Å². The predicted molar refractivity (Wildman–Crippen MR) is 104 cm³/mol. The summed E-state index contributed by atoms with van der Waals surface area (Å²) in [7, 11) is 0. The first-order valence-corrected chi connectivity index (χ1v) is 7.94. The summed E-state index contributed by atoms with van der Waals surface area (Å²) in [5.74, 6) is 0.541. The van der Waals surface area contributed by atoms with Gasteiger partial charge in [-0.3, -0.25) is 4.99 Å². The molecule has 0 amide bonds. The lowest BCUT2D eigenvalue weighted by Gasteiger charge is -2.41. The molecular weight excluding hydrogens is 441 g/mol. The smallest absolute Gasteiger partial charge is 0.189 e. The third-order valence-electron chi connectivity index (χ3n) is 3.80. The molecular formula is C16H25BrIN3. The molecule has 1 aliphatic rings. The molecule has 1 fully saturated rings. The van der Waals surface area contributed by atoms with Gasteiger partial charge in [-0.25, -0.2) is 0 Å². The van der Waals surface area contributed by atoms with Crippen LogP contribution in [0.25, 0.3) is 0 Å². The summed E-state index contributed by atoms with van der Waals surface area (Å²) in [5, 5.41) is 3.22. The molecule has 0 heterocycles. The first kappa shape index (κ1) is 18.7. The van der Waals surface area contributed by atoms with Crippen LogP contribution >= 0.6 is 39.9 Å².